The Kier molecular flexibility index (Phi) is 3.34. The minimum atomic E-state index is -0.0533. The zero-order valence-electron chi connectivity index (χ0n) is 13.5. The number of nitrogens with zero attached hydrogens (tertiary/aromatic N) is 1. The molecule has 2 heterocycles. The van der Waals surface area contributed by atoms with Crippen molar-refractivity contribution in [2.75, 3.05) is 5.32 Å². The smallest absolute Gasteiger partial charge is 0.228 e. The second kappa shape index (κ2) is 5.53. The number of H-pyrrole nitrogens is 1. The highest BCUT2D eigenvalue weighted by Crippen LogP contribution is 2.23. The highest BCUT2D eigenvalue weighted by Gasteiger charge is 2.13. The van der Waals surface area contributed by atoms with Crippen LogP contribution in [0.3, 0.4) is 0 Å². The first-order chi connectivity index (χ1) is 11.6. The van der Waals surface area contributed by atoms with Crippen LogP contribution in [0.1, 0.15) is 17.1 Å². The number of para-hydroxylation sites is 1. The van der Waals surface area contributed by atoms with Crippen LogP contribution in [-0.2, 0) is 11.2 Å². The molecule has 0 aliphatic rings. The summed E-state index contributed by atoms with van der Waals surface area (Å²) in [5.41, 5.74) is 5.29. The second-order valence-corrected chi connectivity index (χ2v) is 5.91. The highest BCUT2D eigenvalue weighted by atomic mass is 16.3. The fourth-order valence-electron chi connectivity index (χ4n) is 3.05. The SMILES string of the molecule is Cc1nc2cc(NC(=O)Cc3c(C)[nH]c4ccccc34)ccc2o1. The summed E-state index contributed by atoms with van der Waals surface area (Å²) in [5.74, 6) is 0.560. The number of amides is 1. The monoisotopic (exact) mass is 319 g/mol. The van der Waals surface area contributed by atoms with Gasteiger partial charge in [-0.15, -0.1) is 0 Å². The zero-order valence-corrected chi connectivity index (χ0v) is 13.5. The van der Waals surface area contributed by atoms with E-state index in [-0.39, 0.29) is 5.91 Å². The van der Waals surface area contributed by atoms with Crippen LogP contribution in [-0.4, -0.2) is 15.9 Å². The zero-order chi connectivity index (χ0) is 16.7. The van der Waals surface area contributed by atoms with E-state index < -0.39 is 0 Å². The molecule has 0 spiro atoms. The molecule has 0 aliphatic carbocycles. The van der Waals surface area contributed by atoms with Crippen LogP contribution in [0.2, 0.25) is 0 Å². The maximum absolute atomic E-state index is 12.4. The summed E-state index contributed by atoms with van der Waals surface area (Å²) in [4.78, 5) is 20.1. The number of hydrogen-bond acceptors (Lipinski definition) is 3. The van der Waals surface area contributed by atoms with E-state index in [0.717, 1.165) is 38.9 Å². The van der Waals surface area contributed by atoms with Crippen molar-refractivity contribution in [3.63, 3.8) is 0 Å². The lowest BCUT2D eigenvalue weighted by molar-refractivity contribution is -0.115. The van der Waals surface area contributed by atoms with Gasteiger partial charge >= 0.3 is 0 Å². The van der Waals surface area contributed by atoms with Crippen molar-refractivity contribution in [2.24, 2.45) is 0 Å². The number of nitrogens with one attached hydrogen (secondary N) is 2. The third-order valence-corrected chi connectivity index (χ3v) is 4.14. The molecule has 2 N–H and O–H groups in total. The number of aromatic nitrogens is 2. The Bertz CT molecular complexity index is 1060. The van der Waals surface area contributed by atoms with E-state index in [1.165, 1.54) is 0 Å². The normalized spacial score (nSPS) is 11.2. The molecular formula is C19H17N3O2. The predicted octanol–water partition coefficient (Wildman–Crippen LogP) is 4.11. The number of anilines is 1. The molecule has 24 heavy (non-hydrogen) atoms. The van der Waals surface area contributed by atoms with Gasteiger partial charge in [0.05, 0.1) is 6.42 Å². The van der Waals surface area contributed by atoms with E-state index in [9.17, 15) is 4.79 Å². The van der Waals surface area contributed by atoms with Crippen LogP contribution in [0, 0.1) is 13.8 Å². The van der Waals surface area contributed by atoms with Crippen LogP contribution in [0.5, 0.6) is 0 Å². The van der Waals surface area contributed by atoms with Gasteiger partial charge < -0.3 is 14.7 Å². The van der Waals surface area contributed by atoms with Crippen LogP contribution in [0.15, 0.2) is 46.9 Å². The highest BCUT2D eigenvalue weighted by molar-refractivity contribution is 5.97. The number of aromatic amines is 1. The Labute approximate surface area is 138 Å². The molecule has 5 nitrogen and oxygen atoms in total. The molecule has 0 radical (unpaired) electrons. The lowest BCUT2D eigenvalue weighted by Crippen LogP contribution is -2.14. The van der Waals surface area contributed by atoms with Crippen molar-refractivity contribution in [2.45, 2.75) is 20.3 Å². The average molecular weight is 319 g/mol. The average Bonchev–Trinajstić information content (AvgIpc) is 3.06. The molecule has 1 amide bonds. The van der Waals surface area contributed by atoms with E-state index in [2.05, 4.69) is 15.3 Å². The molecule has 0 aliphatic heterocycles. The molecule has 0 bridgehead atoms. The third-order valence-electron chi connectivity index (χ3n) is 4.14. The standard InChI is InChI=1S/C19H17N3O2/c1-11-15(14-5-3-4-6-16(14)20-11)10-19(23)22-13-7-8-18-17(9-13)21-12(2)24-18/h3-9,20H,10H2,1-2H3,(H,22,23). The van der Waals surface area contributed by atoms with Crippen LogP contribution >= 0.6 is 0 Å². The molecule has 4 aromatic rings. The van der Waals surface area contributed by atoms with Gasteiger partial charge in [0.15, 0.2) is 11.5 Å². The largest absolute Gasteiger partial charge is 0.441 e. The Morgan fingerprint density at radius 2 is 2.04 bits per heavy atom. The number of oxazole rings is 1. The molecule has 0 fully saturated rings. The van der Waals surface area contributed by atoms with Gasteiger partial charge in [-0.3, -0.25) is 4.79 Å². The molecule has 0 saturated heterocycles. The Balaban J connectivity index is 1.57. The van der Waals surface area contributed by atoms with E-state index in [1.54, 1.807) is 6.92 Å². The predicted molar refractivity (Wildman–Crippen MR) is 94.1 cm³/mol. The van der Waals surface area contributed by atoms with Gasteiger partial charge in [-0.05, 0) is 36.8 Å². The summed E-state index contributed by atoms with van der Waals surface area (Å²) < 4.78 is 5.45. The lowest BCUT2D eigenvalue weighted by Gasteiger charge is -2.05. The summed E-state index contributed by atoms with van der Waals surface area (Å²) in [6.45, 7) is 3.80. The van der Waals surface area contributed by atoms with Gasteiger partial charge in [-0.1, -0.05) is 18.2 Å². The number of carbonyl (C=O) groups is 1. The Morgan fingerprint density at radius 3 is 2.92 bits per heavy atom. The van der Waals surface area contributed by atoms with Crippen LogP contribution in [0.4, 0.5) is 5.69 Å². The molecule has 120 valence electrons. The van der Waals surface area contributed by atoms with Gasteiger partial charge in [-0.25, -0.2) is 4.98 Å². The Hall–Kier alpha value is -3.08. The van der Waals surface area contributed by atoms with Crippen LogP contribution < -0.4 is 5.32 Å². The number of hydrogen-bond donors (Lipinski definition) is 2. The second-order valence-electron chi connectivity index (χ2n) is 5.91. The molecule has 0 unspecified atom stereocenters. The minimum Gasteiger partial charge on any atom is -0.441 e. The third kappa shape index (κ3) is 2.54. The summed E-state index contributed by atoms with van der Waals surface area (Å²) in [6.07, 6.45) is 0.325. The molecule has 4 rings (SSSR count). The van der Waals surface area contributed by atoms with Gasteiger partial charge in [-0.2, -0.15) is 0 Å². The topological polar surface area (TPSA) is 70.9 Å². The molecular weight excluding hydrogens is 302 g/mol. The number of rotatable bonds is 3. The van der Waals surface area contributed by atoms with Gasteiger partial charge in [0, 0.05) is 29.2 Å². The van der Waals surface area contributed by atoms with Gasteiger partial charge in [0.1, 0.15) is 5.52 Å². The van der Waals surface area contributed by atoms with E-state index in [1.807, 2.05) is 49.4 Å². The molecule has 2 aromatic carbocycles. The summed E-state index contributed by atoms with van der Waals surface area (Å²) in [5, 5.41) is 4.03. The number of carbonyl (C=O) groups excluding carboxylic acids is 1. The van der Waals surface area contributed by atoms with Crippen LogP contribution in [0.25, 0.3) is 22.0 Å². The first-order valence-corrected chi connectivity index (χ1v) is 7.83. The van der Waals surface area contributed by atoms with E-state index >= 15 is 0 Å². The van der Waals surface area contributed by atoms with Crippen molar-refractivity contribution in [1.82, 2.24) is 9.97 Å². The fraction of sp³-hybridized carbons (Fsp3) is 0.158. The van der Waals surface area contributed by atoms with E-state index in [4.69, 9.17) is 4.42 Å². The number of fused-ring (bicyclic) bond motifs is 2. The fourth-order valence-corrected chi connectivity index (χ4v) is 3.05. The first-order valence-electron chi connectivity index (χ1n) is 7.83. The molecule has 5 heteroatoms. The Morgan fingerprint density at radius 1 is 1.21 bits per heavy atom. The van der Waals surface area contributed by atoms with Crippen molar-refractivity contribution in [1.29, 1.82) is 0 Å². The van der Waals surface area contributed by atoms with Gasteiger partial charge in [0.25, 0.3) is 0 Å². The summed E-state index contributed by atoms with van der Waals surface area (Å²) in [6, 6.07) is 13.5. The number of aryl methyl sites for hydroxylation is 2. The molecule has 2 aromatic heterocycles. The van der Waals surface area contributed by atoms with E-state index in [0.29, 0.717) is 12.3 Å². The van der Waals surface area contributed by atoms with Crippen molar-refractivity contribution >= 4 is 33.6 Å². The number of benzene rings is 2. The maximum Gasteiger partial charge on any atom is 0.228 e. The lowest BCUT2D eigenvalue weighted by atomic mass is 10.1. The quantitative estimate of drug-likeness (QED) is 0.597. The van der Waals surface area contributed by atoms with Gasteiger partial charge in [0.2, 0.25) is 5.91 Å². The van der Waals surface area contributed by atoms with Crippen molar-refractivity contribution in [3.05, 3.63) is 59.6 Å². The maximum atomic E-state index is 12.4. The summed E-state index contributed by atoms with van der Waals surface area (Å²) >= 11 is 0. The summed E-state index contributed by atoms with van der Waals surface area (Å²) in [7, 11) is 0. The minimum absolute atomic E-state index is 0.0533. The van der Waals surface area contributed by atoms with Crippen molar-refractivity contribution in [3.8, 4) is 0 Å². The molecule has 0 saturated carbocycles. The molecule has 0 atom stereocenters. The van der Waals surface area contributed by atoms with Crippen molar-refractivity contribution < 1.29 is 9.21 Å². The first kappa shape index (κ1) is 14.5.